The summed E-state index contributed by atoms with van der Waals surface area (Å²) in [7, 11) is -2.66. The molecular formula is C12H15NO6S. The Bertz CT molecular complexity index is 623. The largest absolute Gasteiger partial charge is 0.481 e. The maximum Gasteiger partial charge on any atom is 0.340 e. The summed E-state index contributed by atoms with van der Waals surface area (Å²) in [5.41, 5.74) is 0.901. The molecule has 110 valence electrons. The van der Waals surface area contributed by atoms with Gasteiger partial charge in [0.1, 0.15) is 0 Å². The van der Waals surface area contributed by atoms with Gasteiger partial charge in [-0.05, 0) is 19.1 Å². The lowest BCUT2D eigenvalue weighted by Gasteiger charge is -2.11. The fraction of sp³-hybridized carbons (Fsp3) is 0.333. The van der Waals surface area contributed by atoms with Gasteiger partial charge in [-0.2, -0.15) is 0 Å². The van der Waals surface area contributed by atoms with Crippen LogP contribution in [0.15, 0.2) is 18.2 Å². The maximum atomic E-state index is 11.7. The molecule has 0 aliphatic carbocycles. The van der Waals surface area contributed by atoms with Crippen LogP contribution in [0.3, 0.4) is 0 Å². The molecule has 1 aromatic carbocycles. The monoisotopic (exact) mass is 301 g/mol. The molecule has 0 aliphatic heterocycles. The van der Waals surface area contributed by atoms with Gasteiger partial charge in [0.2, 0.25) is 10.0 Å². The summed E-state index contributed by atoms with van der Waals surface area (Å²) in [6.45, 7) is 1.75. The van der Waals surface area contributed by atoms with Gasteiger partial charge in [-0.3, -0.25) is 9.52 Å². The Kier molecular flexibility index (Phi) is 5.09. The second-order valence-corrected chi connectivity index (χ2v) is 5.95. The zero-order valence-electron chi connectivity index (χ0n) is 11.0. The highest BCUT2D eigenvalue weighted by molar-refractivity contribution is 7.92. The number of methoxy groups -OCH3 is 1. The zero-order chi connectivity index (χ0) is 15.3. The fourth-order valence-corrected chi connectivity index (χ4v) is 2.52. The number of hydrogen-bond acceptors (Lipinski definition) is 5. The van der Waals surface area contributed by atoms with E-state index in [1.807, 2.05) is 0 Å². The molecule has 0 saturated carbocycles. The first-order chi connectivity index (χ1) is 9.25. The number of aliphatic carboxylic acids is 1. The second-order valence-electron chi connectivity index (χ2n) is 4.11. The van der Waals surface area contributed by atoms with E-state index in [1.54, 1.807) is 13.0 Å². The van der Waals surface area contributed by atoms with Gasteiger partial charge in [0, 0.05) is 0 Å². The summed E-state index contributed by atoms with van der Waals surface area (Å²) in [5.74, 6) is -2.46. The van der Waals surface area contributed by atoms with E-state index >= 15 is 0 Å². The van der Waals surface area contributed by atoms with Crippen LogP contribution < -0.4 is 4.72 Å². The lowest BCUT2D eigenvalue weighted by Crippen LogP contribution is -2.20. The van der Waals surface area contributed by atoms with Crippen molar-refractivity contribution in [3.05, 3.63) is 29.3 Å². The zero-order valence-corrected chi connectivity index (χ0v) is 11.9. The number of carbonyl (C=O) groups is 2. The van der Waals surface area contributed by atoms with Crippen LogP contribution in [-0.2, 0) is 19.6 Å². The second kappa shape index (κ2) is 6.38. The molecule has 7 nitrogen and oxygen atoms in total. The lowest BCUT2D eigenvalue weighted by atomic mass is 10.1. The van der Waals surface area contributed by atoms with E-state index in [0.717, 1.165) is 5.56 Å². The van der Waals surface area contributed by atoms with E-state index in [2.05, 4.69) is 9.46 Å². The number of ether oxygens (including phenoxy) is 1. The molecule has 0 bridgehead atoms. The number of rotatable bonds is 6. The van der Waals surface area contributed by atoms with Gasteiger partial charge in [-0.25, -0.2) is 13.2 Å². The van der Waals surface area contributed by atoms with E-state index in [0.29, 0.717) is 0 Å². The first-order valence-corrected chi connectivity index (χ1v) is 7.31. The highest BCUT2D eigenvalue weighted by Crippen LogP contribution is 2.20. The van der Waals surface area contributed by atoms with Gasteiger partial charge in [0.15, 0.2) is 0 Å². The standard InChI is InChI=1S/C12H15NO6S/c1-8-3-4-10(9(7-8)12(16)19-2)13-20(17,18)6-5-11(14)15/h3-4,7,13H,5-6H2,1-2H3,(H,14,15). The van der Waals surface area contributed by atoms with Gasteiger partial charge in [0.05, 0.1) is 30.5 Å². The Balaban J connectivity index is 3.03. The van der Waals surface area contributed by atoms with Crippen molar-refractivity contribution in [1.29, 1.82) is 0 Å². The molecule has 0 radical (unpaired) electrons. The summed E-state index contributed by atoms with van der Waals surface area (Å²) in [6, 6.07) is 4.54. The minimum atomic E-state index is -3.85. The molecule has 0 unspecified atom stereocenters. The number of anilines is 1. The summed E-state index contributed by atoms with van der Waals surface area (Å²) in [4.78, 5) is 22.0. The van der Waals surface area contributed by atoms with Crippen molar-refractivity contribution in [3.63, 3.8) is 0 Å². The minimum absolute atomic E-state index is 0.0628. The summed E-state index contributed by atoms with van der Waals surface area (Å²) >= 11 is 0. The number of hydrogen-bond donors (Lipinski definition) is 2. The van der Waals surface area contributed by atoms with Crippen molar-refractivity contribution < 1.29 is 27.9 Å². The normalized spacial score (nSPS) is 10.9. The Morgan fingerprint density at radius 2 is 2.00 bits per heavy atom. The van der Waals surface area contributed by atoms with Gasteiger partial charge in [-0.1, -0.05) is 11.6 Å². The SMILES string of the molecule is COC(=O)c1cc(C)ccc1NS(=O)(=O)CCC(=O)O. The quantitative estimate of drug-likeness (QED) is 0.758. The number of nitrogens with one attached hydrogen (secondary N) is 1. The lowest BCUT2D eigenvalue weighted by molar-refractivity contribution is -0.136. The number of sulfonamides is 1. The molecule has 2 N–H and O–H groups in total. The highest BCUT2D eigenvalue weighted by atomic mass is 32.2. The van der Waals surface area contributed by atoms with E-state index in [1.165, 1.54) is 19.2 Å². The molecule has 0 heterocycles. The molecule has 1 aromatic rings. The van der Waals surface area contributed by atoms with Crippen LogP contribution in [0.4, 0.5) is 5.69 Å². The van der Waals surface area contributed by atoms with Crippen LogP contribution in [0, 0.1) is 6.92 Å². The Morgan fingerprint density at radius 3 is 2.55 bits per heavy atom. The van der Waals surface area contributed by atoms with Crippen LogP contribution in [0.25, 0.3) is 0 Å². The van der Waals surface area contributed by atoms with E-state index in [4.69, 9.17) is 5.11 Å². The molecule has 0 amide bonds. The Hall–Kier alpha value is -2.09. The predicted octanol–water partition coefficient (Wildman–Crippen LogP) is 0.998. The average Bonchev–Trinajstić information content (AvgIpc) is 2.37. The third-order valence-electron chi connectivity index (χ3n) is 2.43. The highest BCUT2D eigenvalue weighted by Gasteiger charge is 2.18. The molecule has 0 aliphatic rings. The topological polar surface area (TPSA) is 110 Å². The molecule has 1 rings (SSSR count). The number of benzene rings is 1. The molecule has 20 heavy (non-hydrogen) atoms. The number of carbonyl (C=O) groups excluding carboxylic acids is 1. The number of aryl methyl sites for hydroxylation is 1. The van der Waals surface area contributed by atoms with Crippen molar-refractivity contribution in [2.75, 3.05) is 17.6 Å². The average molecular weight is 301 g/mol. The van der Waals surface area contributed by atoms with Gasteiger partial charge in [0.25, 0.3) is 0 Å². The van der Waals surface area contributed by atoms with E-state index < -0.39 is 34.1 Å². The number of esters is 1. The molecule has 0 aromatic heterocycles. The van der Waals surface area contributed by atoms with Crippen molar-refractivity contribution >= 4 is 27.6 Å². The Labute approximate surface area is 116 Å². The third-order valence-corrected chi connectivity index (χ3v) is 3.70. The van der Waals surface area contributed by atoms with Crippen LogP contribution in [0.2, 0.25) is 0 Å². The van der Waals surface area contributed by atoms with Crippen LogP contribution in [0.5, 0.6) is 0 Å². The summed E-state index contributed by atoms with van der Waals surface area (Å²) in [6.07, 6.45) is -0.519. The number of carboxylic acid groups (broad SMARTS) is 1. The van der Waals surface area contributed by atoms with Crippen LogP contribution in [0.1, 0.15) is 22.3 Å². The van der Waals surface area contributed by atoms with Crippen molar-refractivity contribution in [1.82, 2.24) is 0 Å². The molecule has 0 saturated heterocycles. The molecule has 0 fully saturated rings. The van der Waals surface area contributed by atoms with Gasteiger partial charge < -0.3 is 9.84 Å². The van der Waals surface area contributed by atoms with Crippen molar-refractivity contribution in [2.24, 2.45) is 0 Å². The molecule has 0 spiro atoms. The predicted molar refractivity (Wildman–Crippen MR) is 72.2 cm³/mol. The van der Waals surface area contributed by atoms with Crippen LogP contribution in [-0.4, -0.2) is 38.3 Å². The molecular weight excluding hydrogens is 286 g/mol. The van der Waals surface area contributed by atoms with Gasteiger partial charge in [-0.15, -0.1) is 0 Å². The van der Waals surface area contributed by atoms with E-state index in [9.17, 15) is 18.0 Å². The smallest absolute Gasteiger partial charge is 0.340 e. The Morgan fingerprint density at radius 1 is 1.35 bits per heavy atom. The third kappa shape index (κ3) is 4.54. The molecule has 8 heteroatoms. The van der Waals surface area contributed by atoms with Crippen molar-refractivity contribution in [3.8, 4) is 0 Å². The van der Waals surface area contributed by atoms with E-state index in [-0.39, 0.29) is 11.3 Å². The molecule has 0 atom stereocenters. The minimum Gasteiger partial charge on any atom is -0.481 e. The summed E-state index contributed by atoms with van der Waals surface area (Å²) in [5, 5.41) is 8.49. The fourth-order valence-electron chi connectivity index (χ4n) is 1.47. The first kappa shape index (κ1) is 16.0. The maximum absolute atomic E-state index is 11.7. The number of carboxylic acids is 1. The van der Waals surface area contributed by atoms with Crippen molar-refractivity contribution in [2.45, 2.75) is 13.3 Å². The van der Waals surface area contributed by atoms with Gasteiger partial charge >= 0.3 is 11.9 Å². The summed E-state index contributed by atoms with van der Waals surface area (Å²) < 4.78 is 30.2. The first-order valence-electron chi connectivity index (χ1n) is 5.66. The van der Waals surface area contributed by atoms with Crippen LogP contribution >= 0.6 is 0 Å².